The van der Waals surface area contributed by atoms with Crippen molar-refractivity contribution in [1.29, 1.82) is 0 Å². The highest BCUT2D eigenvalue weighted by molar-refractivity contribution is 14.1. The molecular formula is C12H18I2N2O. The SMILES string of the molecule is CN(C)CCCNCc1cc(I)cc(I)c1O. The number of phenolic OH excluding ortho intramolecular Hbond substituents is 1. The highest BCUT2D eigenvalue weighted by atomic mass is 127. The Morgan fingerprint density at radius 2 is 2.00 bits per heavy atom. The maximum absolute atomic E-state index is 9.91. The maximum Gasteiger partial charge on any atom is 0.133 e. The molecule has 1 aromatic rings. The lowest BCUT2D eigenvalue weighted by Gasteiger charge is -2.11. The van der Waals surface area contributed by atoms with E-state index in [1.807, 2.05) is 12.1 Å². The Morgan fingerprint density at radius 3 is 2.65 bits per heavy atom. The molecule has 0 atom stereocenters. The third kappa shape index (κ3) is 5.71. The summed E-state index contributed by atoms with van der Waals surface area (Å²) in [6, 6.07) is 4.00. The molecule has 5 heteroatoms. The summed E-state index contributed by atoms with van der Waals surface area (Å²) in [6.45, 7) is 2.79. The van der Waals surface area contributed by atoms with Gasteiger partial charge in [0.25, 0.3) is 0 Å². The Labute approximate surface area is 130 Å². The second-order valence-electron chi connectivity index (χ2n) is 4.23. The summed E-state index contributed by atoms with van der Waals surface area (Å²) in [5.74, 6) is 0.408. The second-order valence-corrected chi connectivity index (χ2v) is 6.64. The first-order valence-electron chi connectivity index (χ1n) is 5.53. The Bertz CT molecular complexity index is 370. The van der Waals surface area contributed by atoms with Crippen molar-refractivity contribution in [2.75, 3.05) is 27.2 Å². The third-order valence-electron chi connectivity index (χ3n) is 2.38. The van der Waals surface area contributed by atoms with Gasteiger partial charge in [0.2, 0.25) is 0 Å². The van der Waals surface area contributed by atoms with Crippen LogP contribution in [0.1, 0.15) is 12.0 Å². The van der Waals surface area contributed by atoms with Crippen LogP contribution in [0.3, 0.4) is 0 Å². The molecule has 0 saturated carbocycles. The first-order valence-corrected chi connectivity index (χ1v) is 7.69. The molecule has 0 aliphatic heterocycles. The lowest BCUT2D eigenvalue weighted by molar-refractivity contribution is 0.393. The molecular weight excluding hydrogens is 442 g/mol. The molecule has 0 saturated heterocycles. The average Bonchev–Trinajstić information content (AvgIpc) is 2.23. The van der Waals surface area contributed by atoms with E-state index in [0.717, 1.165) is 38.8 Å². The van der Waals surface area contributed by atoms with Crippen LogP contribution in [0.2, 0.25) is 0 Å². The smallest absolute Gasteiger partial charge is 0.133 e. The molecule has 3 nitrogen and oxygen atoms in total. The number of hydrogen-bond acceptors (Lipinski definition) is 3. The Hall–Kier alpha value is 0.400. The van der Waals surface area contributed by atoms with E-state index in [1.54, 1.807) is 0 Å². The van der Waals surface area contributed by atoms with E-state index >= 15 is 0 Å². The molecule has 0 aliphatic rings. The van der Waals surface area contributed by atoms with Crippen LogP contribution in [-0.4, -0.2) is 37.2 Å². The molecule has 0 spiro atoms. The molecule has 96 valence electrons. The summed E-state index contributed by atoms with van der Waals surface area (Å²) >= 11 is 4.44. The molecule has 0 heterocycles. The summed E-state index contributed by atoms with van der Waals surface area (Å²) in [4.78, 5) is 2.17. The third-order valence-corrected chi connectivity index (χ3v) is 3.83. The van der Waals surface area contributed by atoms with Crippen LogP contribution < -0.4 is 5.32 Å². The average molecular weight is 460 g/mol. The van der Waals surface area contributed by atoms with Gasteiger partial charge in [-0.3, -0.25) is 0 Å². The van der Waals surface area contributed by atoms with Crippen molar-refractivity contribution in [1.82, 2.24) is 10.2 Å². The molecule has 1 rings (SSSR count). The van der Waals surface area contributed by atoms with Crippen LogP contribution in [0.5, 0.6) is 5.75 Å². The summed E-state index contributed by atoms with van der Waals surface area (Å²) in [5.41, 5.74) is 0.978. The molecule has 0 aromatic heterocycles. The zero-order valence-corrected chi connectivity index (χ0v) is 14.4. The number of nitrogens with one attached hydrogen (secondary N) is 1. The first kappa shape index (κ1) is 15.5. The van der Waals surface area contributed by atoms with E-state index in [4.69, 9.17) is 0 Å². The van der Waals surface area contributed by atoms with Crippen LogP contribution in [0.4, 0.5) is 0 Å². The minimum Gasteiger partial charge on any atom is -0.507 e. The molecule has 0 unspecified atom stereocenters. The Balaban J connectivity index is 2.41. The van der Waals surface area contributed by atoms with Gasteiger partial charge in [0.1, 0.15) is 5.75 Å². The zero-order chi connectivity index (χ0) is 12.8. The van der Waals surface area contributed by atoms with Gasteiger partial charge in [-0.15, -0.1) is 0 Å². The van der Waals surface area contributed by atoms with Crippen molar-refractivity contribution >= 4 is 45.2 Å². The van der Waals surface area contributed by atoms with Crippen LogP contribution in [-0.2, 0) is 6.54 Å². The van der Waals surface area contributed by atoms with Gasteiger partial charge in [0.15, 0.2) is 0 Å². The second kappa shape index (κ2) is 7.75. The van der Waals surface area contributed by atoms with E-state index in [0.29, 0.717) is 5.75 Å². The zero-order valence-electron chi connectivity index (χ0n) is 10.1. The molecule has 0 amide bonds. The van der Waals surface area contributed by atoms with Crippen LogP contribution in [0, 0.1) is 7.14 Å². The molecule has 0 radical (unpaired) electrons. The summed E-state index contributed by atoms with van der Waals surface area (Å²) in [6.07, 6.45) is 1.12. The normalized spacial score (nSPS) is 11.1. The number of benzene rings is 1. The van der Waals surface area contributed by atoms with Gasteiger partial charge in [-0.05, 0) is 90.9 Å². The fourth-order valence-corrected chi connectivity index (χ4v) is 3.46. The fraction of sp³-hybridized carbons (Fsp3) is 0.500. The number of nitrogens with zero attached hydrogens (tertiary/aromatic N) is 1. The standard InChI is InChI=1S/C12H18I2N2O/c1-16(2)5-3-4-15-8-9-6-10(13)7-11(14)12(9)17/h6-7,15,17H,3-5,8H2,1-2H3. The van der Waals surface area contributed by atoms with Crippen molar-refractivity contribution in [2.24, 2.45) is 0 Å². The molecule has 2 N–H and O–H groups in total. The largest absolute Gasteiger partial charge is 0.507 e. The lowest BCUT2D eigenvalue weighted by atomic mass is 10.2. The maximum atomic E-state index is 9.91. The van der Waals surface area contributed by atoms with Crippen LogP contribution in [0.25, 0.3) is 0 Å². The van der Waals surface area contributed by atoms with Crippen LogP contribution >= 0.6 is 45.2 Å². The van der Waals surface area contributed by atoms with Crippen LogP contribution in [0.15, 0.2) is 12.1 Å². The van der Waals surface area contributed by atoms with Crippen molar-refractivity contribution in [2.45, 2.75) is 13.0 Å². The quantitative estimate of drug-likeness (QED) is 0.507. The first-order chi connectivity index (χ1) is 8.00. The number of halogens is 2. The van der Waals surface area contributed by atoms with Gasteiger partial charge in [0, 0.05) is 15.7 Å². The number of aromatic hydroxyl groups is 1. The lowest BCUT2D eigenvalue weighted by Crippen LogP contribution is -2.21. The van der Waals surface area contributed by atoms with E-state index in [-0.39, 0.29) is 0 Å². The van der Waals surface area contributed by atoms with Gasteiger partial charge >= 0.3 is 0 Å². The van der Waals surface area contributed by atoms with Crippen molar-refractivity contribution < 1.29 is 5.11 Å². The summed E-state index contributed by atoms with van der Waals surface area (Å²) in [7, 11) is 4.15. The van der Waals surface area contributed by atoms with E-state index in [2.05, 4.69) is 69.5 Å². The van der Waals surface area contributed by atoms with Crippen molar-refractivity contribution in [3.05, 3.63) is 24.8 Å². The molecule has 0 aliphatic carbocycles. The molecule has 0 bridgehead atoms. The minimum atomic E-state index is 0.408. The molecule has 17 heavy (non-hydrogen) atoms. The number of rotatable bonds is 6. The fourth-order valence-electron chi connectivity index (χ4n) is 1.50. The van der Waals surface area contributed by atoms with E-state index < -0.39 is 0 Å². The highest BCUT2D eigenvalue weighted by Crippen LogP contribution is 2.26. The predicted molar refractivity (Wildman–Crippen MR) is 88.4 cm³/mol. The van der Waals surface area contributed by atoms with Gasteiger partial charge in [-0.2, -0.15) is 0 Å². The Kier molecular flexibility index (Phi) is 7.05. The number of hydrogen-bond donors (Lipinski definition) is 2. The Morgan fingerprint density at radius 1 is 1.29 bits per heavy atom. The topological polar surface area (TPSA) is 35.5 Å². The summed E-state index contributed by atoms with van der Waals surface area (Å²) in [5, 5.41) is 13.3. The molecule has 0 fully saturated rings. The van der Waals surface area contributed by atoms with E-state index in [9.17, 15) is 5.11 Å². The van der Waals surface area contributed by atoms with E-state index in [1.165, 1.54) is 0 Å². The monoisotopic (exact) mass is 460 g/mol. The van der Waals surface area contributed by atoms with Gasteiger partial charge in [-0.1, -0.05) is 0 Å². The summed E-state index contributed by atoms with van der Waals surface area (Å²) < 4.78 is 2.08. The molecule has 1 aromatic carbocycles. The number of phenols is 1. The van der Waals surface area contributed by atoms with Crippen molar-refractivity contribution in [3.63, 3.8) is 0 Å². The van der Waals surface area contributed by atoms with Gasteiger partial charge < -0.3 is 15.3 Å². The highest BCUT2D eigenvalue weighted by Gasteiger charge is 2.06. The predicted octanol–water partition coefficient (Wildman–Crippen LogP) is 2.64. The minimum absolute atomic E-state index is 0.408. The van der Waals surface area contributed by atoms with Gasteiger partial charge in [0.05, 0.1) is 3.57 Å². The van der Waals surface area contributed by atoms with Gasteiger partial charge in [-0.25, -0.2) is 0 Å². The van der Waals surface area contributed by atoms with Crippen molar-refractivity contribution in [3.8, 4) is 5.75 Å².